The van der Waals surface area contributed by atoms with Gasteiger partial charge < -0.3 is 10.6 Å². The number of amides is 4. The summed E-state index contributed by atoms with van der Waals surface area (Å²) in [7, 11) is 0. The van der Waals surface area contributed by atoms with Crippen LogP contribution in [0.5, 0.6) is 0 Å². The third kappa shape index (κ3) is 6.53. The summed E-state index contributed by atoms with van der Waals surface area (Å²) >= 11 is 11.7. The number of nitrogens with one attached hydrogen (secondary N) is 4. The maximum absolute atomic E-state index is 12.0. The lowest BCUT2D eigenvalue weighted by Crippen LogP contribution is -2.47. The monoisotopic (exact) mass is 423 g/mol. The molecule has 1 heterocycles. The number of rotatable bonds is 6. The van der Waals surface area contributed by atoms with Gasteiger partial charge in [-0.1, -0.05) is 29.3 Å². The Morgan fingerprint density at radius 2 is 1.61 bits per heavy atom. The van der Waals surface area contributed by atoms with Gasteiger partial charge in [-0.05, 0) is 30.3 Å². The highest BCUT2D eigenvalue weighted by Gasteiger charge is 2.13. The van der Waals surface area contributed by atoms with Crippen molar-refractivity contribution in [2.45, 2.75) is 0 Å². The fourth-order valence-electron chi connectivity index (χ4n) is 1.90. The summed E-state index contributed by atoms with van der Waals surface area (Å²) in [5, 5.41) is 5.18. The first-order valence-corrected chi connectivity index (χ1v) is 8.62. The third-order valence-corrected chi connectivity index (χ3v) is 3.79. The topological polar surface area (TPSA) is 129 Å². The Kier molecular flexibility index (Phi) is 7.73. The molecule has 0 spiro atoms. The molecule has 0 unspecified atom stereocenters. The third-order valence-electron chi connectivity index (χ3n) is 3.24. The van der Waals surface area contributed by atoms with Crippen molar-refractivity contribution in [1.29, 1.82) is 0 Å². The molecule has 4 N–H and O–H groups in total. The van der Waals surface area contributed by atoms with Crippen molar-refractivity contribution >= 4 is 46.8 Å². The molecule has 146 valence electrons. The first-order valence-electron chi connectivity index (χ1n) is 7.87. The highest BCUT2D eigenvalue weighted by Crippen LogP contribution is 2.20. The smallest absolute Gasteiger partial charge is 0.288 e. The Balaban J connectivity index is 1.69. The number of pyridine rings is 1. The number of carbonyl (C=O) groups is 4. The van der Waals surface area contributed by atoms with Crippen molar-refractivity contribution in [2.24, 2.45) is 0 Å². The molecule has 9 nitrogen and oxygen atoms in total. The van der Waals surface area contributed by atoms with Gasteiger partial charge in [-0.25, -0.2) is 0 Å². The predicted molar refractivity (Wildman–Crippen MR) is 102 cm³/mol. The van der Waals surface area contributed by atoms with Gasteiger partial charge in [0.1, 0.15) is 5.69 Å². The second-order valence-electron chi connectivity index (χ2n) is 5.30. The summed E-state index contributed by atoms with van der Waals surface area (Å²) in [6.45, 7) is -0.774. The molecule has 1 aromatic heterocycles. The molecule has 28 heavy (non-hydrogen) atoms. The Morgan fingerprint density at radius 1 is 0.857 bits per heavy atom. The van der Waals surface area contributed by atoms with Crippen LogP contribution in [0.25, 0.3) is 0 Å². The zero-order chi connectivity index (χ0) is 20.5. The summed E-state index contributed by atoms with van der Waals surface area (Å²) in [4.78, 5) is 50.9. The zero-order valence-corrected chi connectivity index (χ0v) is 15.8. The van der Waals surface area contributed by atoms with Gasteiger partial charge in [0, 0.05) is 11.2 Å². The summed E-state index contributed by atoms with van der Waals surface area (Å²) in [6, 6.07) is 9.06. The Morgan fingerprint density at radius 3 is 2.29 bits per heavy atom. The van der Waals surface area contributed by atoms with Crippen LogP contribution < -0.4 is 21.5 Å². The fraction of sp³-hybridized carbons (Fsp3) is 0.118. The Bertz CT molecular complexity index is 892. The van der Waals surface area contributed by atoms with Crippen LogP contribution >= 0.6 is 23.2 Å². The van der Waals surface area contributed by atoms with Crippen LogP contribution in [-0.4, -0.2) is 41.7 Å². The highest BCUT2D eigenvalue weighted by molar-refractivity contribution is 6.36. The van der Waals surface area contributed by atoms with E-state index >= 15 is 0 Å². The molecule has 2 aromatic rings. The number of aromatic nitrogens is 1. The van der Waals surface area contributed by atoms with Gasteiger partial charge >= 0.3 is 0 Å². The Hall–Kier alpha value is -3.17. The van der Waals surface area contributed by atoms with Crippen LogP contribution in [0.1, 0.15) is 20.8 Å². The van der Waals surface area contributed by atoms with Gasteiger partial charge in [-0.2, -0.15) is 0 Å². The van der Waals surface area contributed by atoms with Crippen LogP contribution in [0.3, 0.4) is 0 Å². The molecular weight excluding hydrogens is 409 g/mol. The van der Waals surface area contributed by atoms with Crippen molar-refractivity contribution in [3.05, 3.63) is 63.9 Å². The van der Waals surface area contributed by atoms with Gasteiger partial charge in [0.05, 0.1) is 23.7 Å². The predicted octanol–water partition coefficient (Wildman–Crippen LogP) is 0.696. The number of carbonyl (C=O) groups excluding carboxylic acids is 4. The van der Waals surface area contributed by atoms with Gasteiger partial charge in [0.15, 0.2) is 0 Å². The lowest BCUT2D eigenvalue weighted by molar-refractivity contribution is -0.125. The molecule has 0 bridgehead atoms. The van der Waals surface area contributed by atoms with E-state index in [1.54, 1.807) is 12.1 Å². The molecule has 0 fully saturated rings. The standard InChI is InChI=1S/C17H15Cl2N5O4/c18-10-4-5-11(12(19)7-10)16(27)22-8-14(25)21-9-15(26)23-24-17(28)13-3-1-2-6-20-13/h1-7H,8-9H2,(H,21,25)(H,22,27)(H,23,26)(H,24,28). The van der Waals surface area contributed by atoms with E-state index in [0.29, 0.717) is 5.02 Å². The molecule has 0 saturated heterocycles. The number of hydrazine groups is 1. The van der Waals surface area contributed by atoms with Crippen LogP contribution in [0.4, 0.5) is 0 Å². The minimum absolute atomic E-state index is 0.121. The van der Waals surface area contributed by atoms with Gasteiger partial charge in [0.25, 0.3) is 17.7 Å². The molecule has 1 aromatic carbocycles. The van der Waals surface area contributed by atoms with E-state index in [-0.39, 0.29) is 22.8 Å². The molecular formula is C17H15Cl2N5O4. The van der Waals surface area contributed by atoms with Crippen molar-refractivity contribution in [2.75, 3.05) is 13.1 Å². The molecule has 0 saturated carbocycles. The quantitative estimate of drug-likeness (QED) is 0.508. The Labute approximate surface area is 169 Å². The molecule has 0 aliphatic carbocycles. The second kappa shape index (κ2) is 10.2. The van der Waals surface area contributed by atoms with E-state index in [1.165, 1.54) is 30.5 Å². The van der Waals surface area contributed by atoms with Gasteiger partial charge in [0.2, 0.25) is 5.91 Å². The summed E-state index contributed by atoms with van der Waals surface area (Å²) in [5.74, 6) is -2.44. The number of benzene rings is 1. The molecule has 0 radical (unpaired) electrons. The second-order valence-corrected chi connectivity index (χ2v) is 6.14. The fourth-order valence-corrected chi connectivity index (χ4v) is 2.40. The summed E-state index contributed by atoms with van der Waals surface area (Å²) < 4.78 is 0. The summed E-state index contributed by atoms with van der Waals surface area (Å²) in [6.07, 6.45) is 1.43. The largest absolute Gasteiger partial charge is 0.345 e. The van der Waals surface area contributed by atoms with Crippen molar-refractivity contribution in [3.63, 3.8) is 0 Å². The lowest BCUT2D eigenvalue weighted by Gasteiger charge is -2.09. The average molecular weight is 424 g/mol. The number of hydrogen-bond acceptors (Lipinski definition) is 5. The van der Waals surface area contributed by atoms with Crippen molar-refractivity contribution in [3.8, 4) is 0 Å². The maximum atomic E-state index is 12.0. The number of nitrogens with zero attached hydrogens (tertiary/aromatic N) is 1. The van der Waals surface area contributed by atoms with Gasteiger partial charge in [-0.3, -0.25) is 35.0 Å². The van der Waals surface area contributed by atoms with Crippen molar-refractivity contribution < 1.29 is 19.2 Å². The van der Waals surface area contributed by atoms with E-state index < -0.39 is 30.2 Å². The normalized spacial score (nSPS) is 9.93. The van der Waals surface area contributed by atoms with E-state index in [2.05, 4.69) is 26.5 Å². The average Bonchev–Trinajstić information content (AvgIpc) is 2.69. The highest BCUT2D eigenvalue weighted by atomic mass is 35.5. The first-order chi connectivity index (χ1) is 13.4. The molecule has 11 heteroatoms. The zero-order valence-electron chi connectivity index (χ0n) is 14.3. The lowest BCUT2D eigenvalue weighted by atomic mass is 10.2. The van der Waals surface area contributed by atoms with Crippen LogP contribution in [-0.2, 0) is 9.59 Å². The molecule has 0 atom stereocenters. The van der Waals surface area contributed by atoms with Gasteiger partial charge in [-0.15, -0.1) is 0 Å². The molecule has 2 rings (SSSR count). The minimum Gasteiger partial charge on any atom is -0.345 e. The number of halogens is 2. The maximum Gasteiger partial charge on any atom is 0.288 e. The SMILES string of the molecule is O=C(CNC(=O)c1ccc(Cl)cc1Cl)NCC(=O)NNC(=O)c1ccccn1. The van der Waals surface area contributed by atoms with E-state index in [9.17, 15) is 19.2 Å². The molecule has 0 aliphatic rings. The summed E-state index contributed by atoms with van der Waals surface area (Å²) in [5.41, 5.74) is 4.57. The molecule has 4 amide bonds. The minimum atomic E-state index is -0.662. The van der Waals surface area contributed by atoms with Crippen LogP contribution in [0.15, 0.2) is 42.6 Å². The van der Waals surface area contributed by atoms with Crippen molar-refractivity contribution in [1.82, 2.24) is 26.5 Å². The molecule has 0 aliphatic heterocycles. The van der Waals surface area contributed by atoms with E-state index in [4.69, 9.17) is 23.2 Å². The number of hydrogen-bond donors (Lipinski definition) is 4. The van der Waals surface area contributed by atoms with Crippen LogP contribution in [0.2, 0.25) is 10.0 Å². The van der Waals surface area contributed by atoms with E-state index in [0.717, 1.165) is 0 Å². The first kappa shape index (κ1) is 21.1. The van der Waals surface area contributed by atoms with E-state index in [1.807, 2.05) is 0 Å². The van der Waals surface area contributed by atoms with Crippen LogP contribution in [0, 0.1) is 0 Å².